The molecule has 1 aromatic heterocycles. The van der Waals surface area contributed by atoms with E-state index in [9.17, 15) is 4.79 Å². The van der Waals surface area contributed by atoms with Gasteiger partial charge in [-0.1, -0.05) is 6.07 Å². The number of likely N-dealkylation sites (tertiary alicyclic amines) is 1. The predicted molar refractivity (Wildman–Crippen MR) is 95.1 cm³/mol. The van der Waals surface area contributed by atoms with Crippen molar-refractivity contribution < 1.29 is 4.79 Å². The monoisotopic (exact) mass is 320 g/mol. The number of hydrogen-bond donors (Lipinski definition) is 2. The van der Waals surface area contributed by atoms with Crippen molar-refractivity contribution in [2.75, 3.05) is 27.2 Å². The molecular formula is C16H24N4OS. The Morgan fingerprint density at radius 3 is 2.95 bits per heavy atom. The Morgan fingerprint density at radius 1 is 1.59 bits per heavy atom. The van der Waals surface area contributed by atoms with Crippen LogP contribution in [0.4, 0.5) is 0 Å². The van der Waals surface area contributed by atoms with Gasteiger partial charge in [0.15, 0.2) is 0 Å². The van der Waals surface area contributed by atoms with E-state index in [4.69, 9.17) is 5.73 Å². The summed E-state index contributed by atoms with van der Waals surface area (Å²) in [7, 11) is 3.78. The third-order valence-electron chi connectivity index (χ3n) is 3.09. The van der Waals surface area contributed by atoms with Crippen molar-refractivity contribution in [3.05, 3.63) is 40.2 Å². The van der Waals surface area contributed by atoms with Crippen LogP contribution in [0.2, 0.25) is 0 Å². The lowest BCUT2D eigenvalue weighted by Crippen LogP contribution is -2.29. The maximum Gasteiger partial charge on any atom is 0.207 e. The normalized spacial score (nSPS) is 19.4. The van der Waals surface area contributed by atoms with Crippen LogP contribution in [-0.4, -0.2) is 50.8 Å². The molecule has 120 valence electrons. The third-order valence-corrected chi connectivity index (χ3v) is 3.93. The number of rotatable bonds is 5. The Hall–Kier alpha value is -1.92. The summed E-state index contributed by atoms with van der Waals surface area (Å²) < 4.78 is 0. The number of amides is 1. The SMILES string of the molecule is CN1CCC(NC=O)C1.CN=C/C=C(N)/C=C/c1cccs1. The molecule has 0 radical (unpaired) electrons. The van der Waals surface area contributed by atoms with E-state index in [0.717, 1.165) is 25.9 Å². The van der Waals surface area contributed by atoms with Gasteiger partial charge in [0.05, 0.1) is 0 Å². The Labute approximate surface area is 136 Å². The molecule has 1 aromatic rings. The molecule has 1 aliphatic rings. The molecule has 0 spiro atoms. The van der Waals surface area contributed by atoms with Gasteiger partial charge in [-0.3, -0.25) is 9.79 Å². The predicted octanol–water partition coefficient (Wildman–Crippen LogP) is 1.74. The Kier molecular flexibility index (Phi) is 8.86. The number of hydrogen-bond acceptors (Lipinski definition) is 5. The summed E-state index contributed by atoms with van der Waals surface area (Å²) in [4.78, 5) is 17.2. The van der Waals surface area contributed by atoms with E-state index < -0.39 is 0 Å². The highest BCUT2D eigenvalue weighted by atomic mass is 32.1. The van der Waals surface area contributed by atoms with Crippen molar-refractivity contribution in [3.63, 3.8) is 0 Å². The van der Waals surface area contributed by atoms with Gasteiger partial charge in [-0.2, -0.15) is 0 Å². The van der Waals surface area contributed by atoms with E-state index in [-0.39, 0.29) is 0 Å². The lowest BCUT2D eigenvalue weighted by molar-refractivity contribution is -0.110. The first kappa shape index (κ1) is 18.1. The fraction of sp³-hybridized carbons (Fsp3) is 0.375. The number of nitrogens with zero attached hydrogens (tertiary/aromatic N) is 2. The number of carbonyl (C=O) groups is 1. The number of nitrogens with one attached hydrogen (secondary N) is 1. The lowest BCUT2D eigenvalue weighted by atomic mass is 10.3. The van der Waals surface area contributed by atoms with E-state index >= 15 is 0 Å². The van der Waals surface area contributed by atoms with E-state index in [1.165, 1.54) is 4.88 Å². The van der Waals surface area contributed by atoms with Gasteiger partial charge < -0.3 is 16.0 Å². The Morgan fingerprint density at radius 2 is 2.41 bits per heavy atom. The maximum absolute atomic E-state index is 9.94. The second-order valence-electron chi connectivity index (χ2n) is 4.96. The van der Waals surface area contributed by atoms with Crippen molar-refractivity contribution in [1.29, 1.82) is 0 Å². The minimum atomic E-state index is 0.396. The zero-order valence-corrected chi connectivity index (χ0v) is 13.9. The van der Waals surface area contributed by atoms with Crippen molar-refractivity contribution in [1.82, 2.24) is 10.2 Å². The molecule has 0 bridgehead atoms. The maximum atomic E-state index is 9.94. The van der Waals surface area contributed by atoms with Crippen molar-refractivity contribution in [2.45, 2.75) is 12.5 Å². The molecule has 1 amide bonds. The number of likely N-dealkylation sites (N-methyl/N-ethyl adjacent to an activating group) is 1. The molecule has 1 atom stereocenters. The second kappa shape index (κ2) is 10.8. The van der Waals surface area contributed by atoms with E-state index in [1.807, 2.05) is 29.7 Å². The fourth-order valence-electron chi connectivity index (χ4n) is 1.95. The quantitative estimate of drug-likeness (QED) is 0.493. The molecule has 5 nitrogen and oxygen atoms in total. The highest BCUT2D eigenvalue weighted by Crippen LogP contribution is 2.10. The van der Waals surface area contributed by atoms with Crippen LogP contribution in [0.5, 0.6) is 0 Å². The second-order valence-corrected chi connectivity index (χ2v) is 5.93. The zero-order chi connectivity index (χ0) is 16.2. The fourth-order valence-corrected chi connectivity index (χ4v) is 2.57. The average molecular weight is 320 g/mol. The first-order chi connectivity index (χ1) is 10.7. The average Bonchev–Trinajstić information content (AvgIpc) is 3.16. The summed E-state index contributed by atoms with van der Waals surface area (Å²) in [6.07, 6.45) is 9.17. The molecule has 0 aliphatic carbocycles. The number of thiophene rings is 1. The summed E-state index contributed by atoms with van der Waals surface area (Å²) in [6.45, 7) is 2.10. The largest absolute Gasteiger partial charge is 0.399 e. The number of nitrogens with two attached hydrogens (primary N) is 1. The molecule has 0 saturated carbocycles. The molecule has 2 heterocycles. The van der Waals surface area contributed by atoms with Crippen molar-refractivity contribution in [2.24, 2.45) is 10.7 Å². The number of carbonyl (C=O) groups excluding carboxylic acids is 1. The van der Waals surface area contributed by atoms with Gasteiger partial charge in [0, 0.05) is 36.4 Å². The van der Waals surface area contributed by atoms with Gasteiger partial charge in [-0.25, -0.2) is 0 Å². The molecule has 22 heavy (non-hydrogen) atoms. The smallest absolute Gasteiger partial charge is 0.207 e. The highest BCUT2D eigenvalue weighted by Gasteiger charge is 2.17. The summed E-state index contributed by atoms with van der Waals surface area (Å²) in [5.41, 5.74) is 6.37. The molecular weight excluding hydrogens is 296 g/mol. The van der Waals surface area contributed by atoms with Crippen LogP contribution in [0.1, 0.15) is 11.3 Å². The zero-order valence-electron chi connectivity index (χ0n) is 13.1. The Balaban J connectivity index is 0.000000235. The molecule has 3 N–H and O–H groups in total. The minimum Gasteiger partial charge on any atom is -0.399 e. The number of allylic oxidation sites excluding steroid dienone is 2. The summed E-state index contributed by atoms with van der Waals surface area (Å²) in [6, 6.07) is 4.45. The van der Waals surface area contributed by atoms with Gasteiger partial charge in [-0.15, -0.1) is 11.3 Å². The van der Waals surface area contributed by atoms with Crippen molar-refractivity contribution in [3.8, 4) is 0 Å². The van der Waals surface area contributed by atoms with Crippen LogP contribution in [0.15, 0.2) is 40.4 Å². The first-order valence-electron chi connectivity index (χ1n) is 7.13. The van der Waals surface area contributed by atoms with Gasteiger partial charge in [-0.05, 0) is 49.7 Å². The van der Waals surface area contributed by atoms with Gasteiger partial charge in [0.2, 0.25) is 6.41 Å². The molecule has 1 aliphatic heterocycles. The first-order valence-corrected chi connectivity index (χ1v) is 8.01. The van der Waals surface area contributed by atoms with Crippen LogP contribution in [0.3, 0.4) is 0 Å². The van der Waals surface area contributed by atoms with Crippen LogP contribution < -0.4 is 11.1 Å². The van der Waals surface area contributed by atoms with E-state index in [0.29, 0.717) is 11.7 Å². The highest BCUT2D eigenvalue weighted by molar-refractivity contribution is 7.10. The molecule has 6 heteroatoms. The van der Waals surface area contributed by atoms with Gasteiger partial charge in [0.1, 0.15) is 0 Å². The van der Waals surface area contributed by atoms with E-state index in [2.05, 4.69) is 22.3 Å². The van der Waals surface area contributed by atoms with Crippen LogP contribution in [0.25, 0.3) is 6.08 Å². The van der Waals surface area contributed by atoms with Gasteiger partial charge >= 0.3 is 0 Å². The van der Waals surface area contributed by atoms with Gasteiger partial charge in [0.25, 0.3) is 0 Å². The standard InChI is InChI=1S/C10H12N2S.C6H12N2O/c1-12-7-6-9(11)4-5-10-3-2-8-13-10;1-8-3-2-6(4-8)7-5-9/h2-8H,11H2,1H3;5-6H,2-4H2,1H3,(H,7,9)/b5-4+,9-6-,12-7?;. The minimum absolute atomic E-state index is 0.396. The summed E-state index contributed by atoms with van der Waals surface area (Å²) >= 11 is 1.69. The molecule has 1 saturated heterocycles. The van der Waals surface area contributed by atoms with Crippen LogP contribution in [-0.2, 0) is 4.79 Å². The molecule has 2 rings (SSSR count). The van der Waals surface area contributed by atoms with E-state index in [1.54, 1.807) is 30.7 Å². The van der Waals surface area contributed by atoms with Crippen molar-refractivity contribution >= 4 is 30.0 Å². The van der Waals surface area contributed by atoms with Crippen LogP contribution >= 0.6 is 11.3 Å². The summed E-state index contributed by atoms with van der Waals surface area (Å²) in [5, 5.41) is 4.79. The molecule has 0 aromatic carbocycles. The molecule has 1 fully saturated rings. The topological polar surface area (TPSA) is 70.7 Å². The van der Waals surface area contributed by atoms with Crippen LogP contribution in [0, 0.1) is 0 Å². The number of aliphatic imine (C=N–C) groups is 1. The summed E-state index contributed by atoms with van der Waals surface area (Å²) in [5.74, 6) is 0. The third kappa shape index (κ3) is 7.75. The molecule has 1 unspecified atom stereocenters. The Bertz CT molecular complexity index is 508. The lowest BCUT2D eigenvalue weighted by Gasteiger charge is -2.07.